The molecule has 0 aromatic carbocycles. The fourth-order valence-electron chi connectivity index (χ4n) is 3.56. The first-order valence-electron chi connectivity index (χ1n) is 9.17. The molecular weight excluding hydrogens is 304 g/mol. The van der Waals surface area contributed by atoms with E-state index in [-0.39, 0.29) is 5.91 Å². The van der Waals surface area contributed by atoms with Crippen LogP contribution < -0.4 is 10.6 Å². The van der Waals surface area contributed by atoms with Crippen molar-refractivity contribution in [2.45, 2.75) is 26.8 Å². The maximum absolute atomic E-state index is 12.4. The molecule has 1 fully saturated rings. The first-order chi connectivity index (χ1) is 11.7. The van der Waals surface area contributed by atoms with E-state index in [9.17, 15) is 4.79 Å². The molecule has 1 unspecified atom stereocenters. The third-order valence-electron chi connectivity index (χ3n) is 5.11. The molecule has 2 aliphatic rings. The molecule has 1 aromatic rings. The Morgan fingerprint density at radius 2 is 2.04 bits per heavy atom. The van der Waals surface area contributed by atoms with Crippen LogP contribution in [-0.4, -0.2) is 78.3 Å². The third-order valence-corrected chi connectivity index (χ3v) is 5.11. The highest BCUT2D eigenvalue weighted by atomic mass is 16.1. The van der Waals surface area contributed by atoms with Crippen LogP contribution >= 0.6 is 0 Å². The van der Waals surface area contributed by atoms with Gasteiger partial charge < -0.3 is 20.4 Å². The van der Waals surface area contributed by atoms with E-state index in [1.165, 1.54) is 0 Å². The minimum Gasteiger partial charge on any atom is -0.350 e. The summed E-state index contributed by atoms with van der Waals surface area (Å²) in [6, 6.07) is 0. The molecule has 0 aliphatic carbocycles. The average molecular weight is 334 g/mol. The van der Waals surface area contributed by atoms with Gasteiger partial charge >= 0.3 is 0 Å². The SMILES string of the molecule is CCN1CCN(CC(C)CNC(=O)c2n[nH]c3c2CNCC3)CC1. The number of nitrogens with one attached hydrogen (secondary N) is 3. The van der Waals surface area contributed by atoms with Gasteiger partial charge in [-0.05, 0) is 12.5 Å². The number of carbonyl (C=O) groups excluding carboxylic acids is 1. The fraction of sp³-hybridized carbons (Fsp3) is 0.765. The Kier molecular flexibility index (Phi) is 5.86. The van der Waals surface area contributed by atoms with E-state index in [1.807, 2.05) is 0 Å². The first kappa shape index (κ1) is 17.4. The maximum atomic E-state index is 12.4. The van der Waals surface area contributed by atoms with Crippen molar-refractivity contribution in [3.8, 4) is 0 Å². The van der Waals surface area contributed by atoms with Gasteiger partial charge in [-0.3, -0.25) is 9.89 Å². The van der Waals surface area contributed by atoms with Crippen LogP contribution in [0.2, 0.25) is 0 Å². The lowest BCUT2D eigenvalue weighted by Gasteiger charge is -2.35. The molecule has 0 spiro atoms. The molecule has 3 N–H and O–H groups in total. The highest BCUT2D eigenvalue weighted by Gasteiger charge is 2.22. The molecule has 7 heteroatoms. The smallest absolute Gasteiger partial charge is 0.272 e. The summed E-state index contributed by atoms with van der Waals surface area (Å²) in [7, 11) is 0. The number of H-pyrrole nitrogens is 1. The van der Waals surface area contributed by atoms with Crippen molar-refractivity contribution in [2.24, 2.45) is 5.92 Å². The Morgan fingerprint density at radius 3 is 2.79 bits per heavy atom. The van der Waals surface area contributed by atoms with Crippen LogP contribution in [0.25, 0.3) is 0 Å². The topological polar surface area (TPSA) is 76.3 Å². The van der Waals surface area contributed by atoms with Crippen LogP contribution in [-0.2, 0) is 13.0 Å². The molecule has 2 aliphatic heterocycles. The van der Waals surface area contributed by atoms with Gasteiger partial charge in [0.15, 0.2) is 5.69 Å². The van der Waals surface area contributed by atoms with Crippen molar-refractivity contribution in [1.82, 2.24) is 30.6 Å². The number of likely N-dealkylation sites (N-methyl/N-ethyl adjacent to an activating group) is 1. The van der Waals surface area contributed by atoms with Crippen LogP contribution in [0.1, 0.15) is 35.6 Å². The maximum Gasteiger partial charge on any atom is 0.272 e. The van der Waals surface area contributed by atoms with Crippen molar-refractivity contribution < 1.29 is 4.79 Å². The first-order valence-corrected chi connectivity index (χ1v) is 9.17. The minimum absolute atomic E-state index is 0.0566. The van der Waals surface area contributed by atoms with E-state index in [1.54, 1.807) is 0 Å². The molecule has 1 aromatic heterocycles. The van der Waals surface area contributed by atoms with E-state index in [4.69, 9.17) is 0 Å². The summed E-state index contributed by atoms with van der Waals surface area (Å²) in [5, 5.41) is 13.6. The lowest BCUT2D eigenvalue weighted by molar-refractivity contribution is 0.0927. The number of hydrogen-bond donors (Lipinski definition) is 3. The highest BCUT2D eigenvalue weighted by molar-refractivity contribution is 5.94. The number of fused-ring (bicyclic) bond motifs is 1. The van der Waals surface area contributed by atoms with Crippen molar-refractivity contribution in [1.29, 1.82) is 0 Å². The fourth-order valence-corrected chi connectivity index (χ4v) is 3.56. The molecule has 0 bridgehead atoms. The van der Waals surface area contributed by atoms with Crippen LogP contribution in [0.5, 0.6) is 0 Å². The van der Waals surface area contributed by atoms with Crippen LogP contribution in [0.4, 0.5) is 0 Å². The molecule has 7 nitrogen and oxygen atoms in total. The van der Waals surface area contributed by atoms with E-state index >= 15 is 0 Å². The Bertz CT molecular complexity index is 549. The third kappa shape index (κ3) is 4.15. The Labute approximate surface area is 144 Å². The number of amides is 1. The number of nitrogens with zero attached hydrogens (tertiary/aromatic N) is 3. The standard InChI is InChI=1S/C17H30N6O/c1-3-22-6-8-23(9-7-22)12-13(2)10-19-17(24)16-14-11-18-5-4-15(14)20-21-16/h13,18H,3-12H2,1-2H3,(H,19,24)(H,20,21). The van der Waals surface area contributed by atoms with Gasteiger partial charge in [-0.1, -0.05) is 13.8 Å². The Hall–Kier alpha value is -1.44. The molecule has 24 heavy (non-hydrogen) atoms. The second-order valence-corrected chi connectivity index (χ2v) is 7.01. The normalized spacial score (nSPS) is 20.6. The number of rotatable bonds is 6. The molecule has 1 atom stereocenters. The monoisotopic (exact) mass is 334 g/mol. The predicted octanol–water partition coefficient (Wildman–Crippen LogP) is 0.0588. The largest absolute Gasteiger partial charge is 0.350 e. The summed E-state index contributed by atoms with van der Waals surface area (Å²) in [6.07, 6.45) is 0.912. The molecule has 3 rings (SSSR count). The zero-order chi connectivity index (χ0) is 16.9. The summed E-state index contributed by atoms with van der Waals surface area (Å²) in [5.74, 6) is 0.383. The van der Waals surface area contributed by atoms with Gasteiger partial charge in [-0.2, -0.15) is 5.10 Å². The van der Waals surface area contributed by atoms with Gasteiger partial charge in [0.05, 0.1) is 0 Å². The summed E-state index contributed by atoms with van der Waals surface area (Å²) >= 11 is 0. The van der Waals surface area contributed by atoms with Gasteiger partial charge in [0.2, 0.25) is 0 Å². The molecule has 1 saturated heterocycles. The van der Waals surface area contributed by atoms with Crippen molar-refractivity contribution in [3.05, 3.63) is 17.0 Å². The van der Waals surface area contributed by atoms with Crippen LogP contribution in [0.3, 0.4) is 0 Å². The lowest BCUT2D eigenvalue weighted by atomic mass is 10.1. The average Bonchev–Trinajstić information content (AvgIpc) is 3.04. The van der Waals surface area contributed by atoms with Crippen LogP contribution in [0, 0.1) is 5.92 Å². The predicted molar refractivity (Wildman–Crippen MR) is 94.0 cm³/mol. The highest BCUT2D eigenvalue weighted by Crippen LogP contribution is 2.15. The molecule has 0 saturated carbocycles. The second kappa shape index (κ2) is 8.09. The van der Waals surface area contributed by atoms with Gasteiger partial charge in [-0.25, -0.2) is 0 Å². The van der Waals surface area contributed by atoms with Gasteiger partial charge in [-0.15, -0.1) is 0 Å². The number of aromatic nitrogens is 2. The molecule has 0 radical (unpaired) electrons. The summed E-state index contributed by atoms with van der Waals surface area (Å²) in [4.78, 5) is 17.4. The van der Waals surface area contributed by atoms with E-state index in [2.05, 4.69) is 44.5 Å². The van der Waals surface area contributed by atoms with Gasteiger partial charge in [0, 0.05) is 70.0 Å². The number of aromatic amines is 1. The van der Waals surface area contributed by atoms with Crippen molar-refractivity contribution in [2.75, 3.05) is 52.4 Å². The van der Waals surface area contributed by atoms with Crippen molar-refractivity contribution >= 4 is 5.91 Å². The van der Waals surface area contributed by atoms with E-state index in [0.29, 0.717) is 18.2 Å². The quantitative estimate of drug-likeness (QED) is 0.686. The van der Waals surface area contributed by atoms with Crippen molar-refractivity contribution in [3.63, 3.8) is 0 Å². The molecule has 134 valence electrons. The minimum atomic E-state index is -0.0566. The van der Waals surface area contributed by atoms with Crippen LogP contribution in [0.15, 0.2) is 0 Å². The summed E-state index contributed by atoms with van der Waals surface area (Å²) in [6.45, 7) is 13.5. The Morgan fingerprint density at radius 1 is 1.29 bits per heavy atom. The lowest BCUT2D eigenvalue weighted by Crippen LogP contribution is -2.48. The summed E-state index contributed by atoms with van der Waals surface area (Å²) in [5.41, 5.74) is 2.68. The zero-order valence-corrected chi connectivity index (χ0v) is 14.9. The zero-order valence-electron chi connectivity index (χ0n) is 14.9. The second-order valence-electron chi connectivity index (χ2n) is 7.01. The van der Waals surface area contributed by atoms with Gasteiger partial charge in [0.25, 0.3) is 5.91 Å². The molecule has 3 heterocycles. The Balaban J connectivity index is 1.44. The van der Waals surface area contributed by atoms with E-state index in [0.717, 1.165) is 70.0 Å². The van der Waals surface area contributed by atoms with Gasteiger partial charge in [0.1, 0.15) is 0 Å². The summed E-state index contributed by atoms with van der Waals surface area (Å²) < 4.78 is 0. The molecule has 1 amide bonds. The number of hydrogen-bond acceptors (Lipinski definition) is 5. The molecular formula is C17H30N6O. The number of carbonyl (C=O) groups is 1. The number of piperazine rings is 1. The van der Waals surface area contributed by atoms with E-state index < -0.39 is 0 Å².